The standard InChI is InChI=1S/C14H15F3O4/c15-14(16,17)10-4-3-5-11(8-10)19-6-1-2-7-20-13(18)12-9-21-12/h3-5,8,12H,1-2,6-7,9H2. The number of alkyl halides is 3. The zero-order valence-corrected chi connectivity index (χ0v) is 11.2. The molecule has 1 saturated heterocycles. The first-order chi connectivity index (χ1) is 9.97. The molecule has 21 heavy (non-hydrogen) atoms. The molecule has 1 atom stereocenters. The molecule has 7 heteroatoms. The monoisotopic (exact) mass is 304 g/mol. The van der Waals surface area contributed by atoms with Gasteiger partial charge >= 0.3 is 12.1 Å². The second-order valence-electron chi connectivity index (χ2n) is 4.57. The zero-order valence-electron chi connectivity index (χ0n) is 11.2. The molecule has 1 aliphatic heterocycles. The number of carbonyl (C=O) groups excluding carboxylic acids is 1. The molecular weight excluding hydrogens is 289 g/mol. The smallest absolute Gasteiger partial charge is 0.416 e. The number of epoxide rings is 1. The highest BCUT2D eigenvalue weighted by atomic mass is 19.4. The highest BCUT2D eigenvalue weighted by Gasteiger charge is 2.32. The fourth-order valence-corrected chi connectivity index (χ4v) is 1.61. The maximum atomic E-state index is 12.5. The van der Waals surface area contributed by atoms with E-state index in [1.165, 1.54) is 12.1 Å². The highest BCUT2D eigenvalue weighted by Crippen LogP contribution is 2.31. The molecule has 0 aromatic heterocycles. The Bertz CT molecular complexity index is 483. The van der Waals surface area contributed by atoms with Gasteiger partial charge in [0.05, 0.1) is 25.4 Å². The van der Waals surface area contributed by atoms with Crippen molar-refractivity contribution in [2.45, 2.75) is 25.1 Å². The van der Waals surface area contributed by atoms with Crippen molar-refractivity contribution in [1.82, 2.24) is 0 Å². The largest absolute Gasteiger partial charge is 0.494 e. The lowest BCUT2D eigenvalue weighted by Crippen LogP contribution is -2.12. The lowest BCUT2D eigenvalue weighted by atomic mass is 10.2. The van der Waals surface area contributed by atoms with Gasteiger partial charge in [0, 0.05) is 0 Å². The molecule has 2 rings (SSSR count). The molecule has 0 bridgehead atoms. The molecule has 0 aliphatic carbocycles. The zero-order chi connectivity index (χ0) is 15.3. The van der Waals surface area contributed by atoms with Crippen LogP contribution in [0.5, 0.6) is 5.75 Å². The SMILES string of the molecule is O=C(OCCCCOc1cccc(C(F)(F)F)c1)C1CO1. The van der Waals surface area contributed by atoms with Crippen LogP contribution in [0.15, 0.2) is 24.3 Å². The maximum absolute atomic E-state index is 12.5. The van der Waals surface area contributed by atoms with Crippen molar-refractivity contribution in [3.63, 3.8) is 0 Å². The van der Waals surface area contributed by atoms with E-state index in [2.05, 4.69) is 0 Å². The third-order valence-electron chi connectivity index (χ3n) is 2.81. The molecule has 0 N–H and O–H groups in total. The van der Waals surface area contributed by atoms with Crippen molar-refractivity contribution in [1.29, 1.82) is 0 Å². The molecule has 4 nitrogen and oxygen atoms in total. The minimum absolute atomic E-state index is 0.174. The van der Waals surface area contributed by atoms with Crippen LogP contribution in [0.4, 0.5) is 13.2 Å². The first-order valence-corrected chi connectivity index (χ1v) is 6.55. The molecule has 1 heterocycles. The van der Waals surface area contributed by atoms with Crippen molar-refractivity contribution in [2.75, 3.05) is 19.8 Å². The average molecular weight is 304 g/mol. The van der Waals surface area contributed by atoms with Gasteiger partial charge in [0.15, 0.2) is 6.10 Å². The van der Waals surface area contributed by atoms with Crippen LogP contribution >= 0.6 is 0 Å². The van der Waals surface area contributed by atoms with Crippen LogP contribution in [0, 0.1) is 0 Å². The van der Waals surface area contributed by atoms with Crippen LogP contribution in [0.25, 0.3) is 0 Å². The number of hydrogen-bond donors (Lipinski definition) is 0. The van der Waals surface area contributed by atoms with Gasteiger partial charge in [-0.15, -0.1) is 0 Å². The van der Waals surface area contributed by atoms with Crippen molar-refractivity contribution in [2.24, 2.45) is 0 Å². The van der Waals surface area contributed by atoms with Gasteiger partial charge in [0.1, 0.15) is 5.75 Å². The Morgan fingerprint density at radius 3 is 2.67 bits per heavy atom. The number of ether oxygens (including phenoxy) is 3. The molecule has 0 saturated carbocycles. The number of hydrogen-bond acceptors (Lipinski definition) is 4. The fraction of sp³-hybridized carbons (Fsp3) is 0.500. The Labute approximate surface area is 119 Å². The summed E-state index contributed by atoms with van der Waals surface area (Å²) in [5.74, 6) is -0.193. The lowest BCUT2D eigenvalue weighted by Gasteiger charge is -2.10. The quantitative estimate of drug-likeness (QED) is 0.441. The maximum Gasteiger partial charge on any atom is 0.416 e. The Balaban J connectivity index is 1.63. The third kappa shape index (κ3) is 5.26. The van der Waals surface area contributed by atoms with Gasteiger partial charge < -0.3 is 14.2 Å². The van der Waals surface area contributed by atoms with Crippen molar-refractivity contribution in [3.05, 3.63) is 29.8 Å². The minimum Gasteiger partial charge on any atom is -0.494 e. The lowest BCUT2D eigenvalue weighted by molar-refractivity contribution is -0.145. The van der Waals surface area contributed by atoms with Crippen LogP contribution in [-0.4, -0.2) is 31.9 Å². The van der Waals surface area contributed by atoms with Crippen molar-refractivity contribution >= 4 is 5.97 Å². The molecule has 1 fully saturated rings. The van der Waals surface area contributed by atoms with Crippen LogP contribution in [0.2, 0.25) is 0 Å². The van der Waals surface area contributed by atoms with E-state index < -0.39 is 17.8 Å². The molecule has 1 aliphatic rings. The summed E-state index contributed by atoms with van der Waals surface area (Å²) < 4.78 is 52.4. The third-order valence-corrected chi connectivity index (χ3v) is 2.81. The summed E-state index contributed by atoms with van der Waals surface area (Å²) in [6, 6.07) is 4.73. The van der Waals surface area contributed by atoms with Gasteiger partial charge in [-0.3, -0.25) is 0 Å². The molecule has 1 unspecified atom stereocenters. The van der Waals surface area contributed by atoms with Crippen molar-refractivity contribution < 1.29 is 32.2 Å². The Morgan fingerprint density at radius 1 is 1.29 bits per heavy atom. The Morgan fingerprint density at radius 2 is 2.00 bits per heavy atom. The summed E-state index contributed by atoms with van der Waals surface area (Å²) in [4.78, 5) is 11.1. The number of esters is 1. The molecular formula is C14H15F3O4. The number of carbonyl (C=O) groups is 1. The second-order valence-corrected chi connectivity index (χ2v) is 4.57. The van der Waals surface area contributed by atoms with Gasteiger partial charge in [0.2, 0.25) is 0 Å². The summed E-state index contributed by atoms with van der Waals surface area (Å²) in [6.45, 7) is 0.931. The van der Waals surface area contributed by atoms with Crippen LogP contribution in [0.3, 0.4) is 0 Å². The molecule has 1 aromatic rings. The molecule has 1 aromatic carbocycles. The number of rotatable bonds is 7. The second kappa shape index (κ2) is 6.80. The normalized spacial score (nSPS) is 17.4. The summed E-state index contributed by atoms with van der Waals surface area (Å²) >= 11 is 0. The molecule has 0 radical (unpaired) electrons. The first-order valence-electron chi connectivity index (χ1n) is 6.55. The van der Waals surface area contributed by atoms with E-state index in [9.17, 15) is 18.0 Å². The van der Waals surface area contributed by atoms with E-state index in [1.807, 2.05) is 0 Å². The Hall–Kier alpha value is -1.76. The minimum atomic E-state index is -4.38. The first kappa shape index (κ1) is 15.6. The predicted octanol–water partition coefficient (Wildman–Crippen LogP) is 2.81. The molecule has 0 spiro atoms. The topological polar surface area (TPSA) is 48.1 Å². The summed E-state index contributed by atoms with van der Waals surface area (Å²) in [6.07, 6.45) is -3.63. The van der Waals surface area contributed by atoms with E-state index in [1.54, 1.807) is 0 Å². The predicted molar refractivity (Wildman–Crippen MR) is 66.9 cm³/mol. The summed E-state index contributed by atoms with van der Waals surface area (Å²) in [5, 5.41) is 0. The average Bonchev–Trinajstić information content (AvgIpc) is 3.26. The van der Waals surface area contributed by atoms with E-state index in [-0.39, 0.29) is 24.9 Å². The Kier molecular flexibility index (Phi) is 5.06. The van der Waals surface area contributed by atoms with Gasteiger partial charge in [-0.1, -0.05) is 6.07 Å². The number of unbranched alkanes of at least 4 members (excludes halogenated alkanes) is 1. The van der Waals surface area contributed by atoms with Crippen molar-refractivity contribution in [3.8, 4) is 5.75 Å². The van der Waals surface area contributed by atoms with Gasteiger partial charge in [-0.05, 0) is 31.0 Å². The van der Waals surface area contributed by atoms with Crippen LogP contribution < -0.4 is 4.74 Å². The van der Waals surface area contributed by atoms with Gasteiger partial charge in [0.25, 0.3) is 0 Å². The van der Waals surface area contributed by atoms with E-state index >= 15 is 0 Å². The molecule has 0 amide bonds. The van der Waals surface area contributed by atoms with E-state index in [4.69, 9.17) is 14.2 Å². The summed E-state index contributed by atoms with van der Waals surface area (Å²) in [5.41, 5.74) is -0.738. The van der Waals surface area contributed by atoms with E-state index in [0.29, 0.717) is 19.4 Å². The van der Waals surface area contributed by atoms with E-state index in [0.717, 1.165) is 12.1 Å². The molecule has 116 valence electrons. The van der Waals surface area contributed by atoms with Crippen LogP contribution in [0.1, 0.15) is 18.4 Å². The number of benzene rings is 1. The van der Waals surface area contributed by atoms with Gasteiger partial charge in [-0.2, -0.15) is 13.2 Å². The van der Waals surface area contributed by atoms with Gasteiger partial charge in [-0.25, -0.2) is 4.79 Å². The fourth-order valence-electron chi connectivity index (χ4n) is 1.61. The highest BCUT2D eigenvalue weighted by molar-refractivity contribution is 5.76. The summed E-state index contributed by atoms with van der Waals surface area (Å²) in [7, 11) is 0. The van der Waals surface area contributed by atoms with Crippen LogP contribution in [-0.2, 0) is 20.4 Å². The number of halogens is 3.